The van der Waals surface area contributed by atoms with Gasteiger partial charge in [-0.15, -0.1) is 0 Å². The van der Waals surface area contributed by atoms with Gasteiger partial charge < -0.3 is 10.8 Å². The highest BCUT2D eigenvalue weighted by molar-refractivity contribution is 5.76. The van der Waals surface area contributed by atoms with Crippen LogP contribution in [0.2, 0.25) is 0 Å². The Labute approximate surface area is 83.6 Å². The molecule has 0 amide bonds. The van der Waals surface area contributed by atoms with Crippen LogP contribution in [-0.2, 0) is 11.3 Å². The van der Waals surface area contributed by atoms with E-state index < -0.39 is 11.9 Å². The van der Waals surface area contributed by atoms with Crippen molar-refractivity contribution in [3.05, 3.63) is 35.4 Å². The second-order valence-electron chi connectivity index (χ2n) is 3.25. The van der Waals surface area contributed by atoms with E-state index in [1.165, 1.54) is 0 Å². The van der Waals surface area contributed by atoms with Crippen molar-refractivity contribution < 1.29 is 9.90 Å². The summed E-state index contributed by atoms with van der Waals surface area (Å²) in [6, 6.07) is 7.45. The second kappa shape index (κ2) is 4.77. The number of nitrogens with two attached hydrogens (primary N) is 1. The van der Waals surface area contributed by atoms with Crippen LogP contribution in [0.1, 0.15) is 30.4 Å². The van der Waals surface area contributed by atoms with Gasteiger partial charge in [0.15, 0.2) is 0 Å². The molecule has 0 heterocycles. The Morgan fingerprint density at radius 1 is 1.57 bits per heavy atom. The normalized spacial score (nSPS) is 12.4. The zero-order chi connectivity index (χ0) is 10.6. The van der Waals surface area contributed by atoms with Gasteiger partial charge in [0.2, 0.25) is 0 Å². The van der Waals surface area contributed by atoms with Crippen molar-refractivity contribution in [3.63, 3.8) is 0 Å². The van der Waals surface area contributed by atoms with Crippen LogP contribution in [0.4, 0.5) is 0 Å². The van der Waals surface area contributed by atoms with Gasteiger partial charge in [-0.1, -0.05) is 31.2 Å². The number of aliphatic carboxylic acids is 1. The summed E-state index contributed by atoms with van der Waals surface area (Å²) in [7, 11) is 0. The molecular weight excluding hydrogens is 178 g/mol. The highest BCUT2D eigenvalue weighted by Crippen LogP contribution is 2.20. The SMILES string of the molecule is CCC(C(=O)O)c1cccc(CN)c1. The van der Waals surface area contributed by atoms with Crippen molar-refractivity contribution in [2.45, 2.75) is 25.8 Å². The molecule has 0 spiro atoms. The molecule has 0 radical (unpaired) electrons. The number of carboxylic acids is 1. The lowest BCUT2D eigenvalue weighted by Crippen LogP contribution is -2.11. The minimum Gasteiger partial charge on any atom is -0.481 e. The smallest absolute Gasteiger partial charge is 0.310 e. The fraction of sp³-hybridized carbons (Fsp3) is 0.364. The van der Waals surface area contributed by atoms with Gasteiger partial charge in [0.05, 0.1) is 5.92 Å². The van der Waals surface area contributed by atoms with E-state index in [-0.39, 0.29) is 0 Å². The summed E-state index contributed by atoms with van der Waals surface area (Å²) in [5.41, 5.74) is 7.30. The quantitative estimate of drug-likeness (QED) is 0.765. The fourth-order valence-electron chi connectivity index (χ4n) is 1.49. The van der Waals surface area contributed by atoms with Gasteiger partial charge >= 0.3 is 5.97 Å². The lowest BCUT2D eigenvalue weighted by molar-refractivity contribution is -0.138. The maximum absolute atomic E-state index is 10.9. The maximum Gasteiger partial charge on any atom is 0.310 e. The van der Waals surface area contributed by atoms with Gasteiger partial charge in [0, 0.05) is 6.54 Å². The summed E-state index contributed by atoms with van der Waals surface area (Å²) in [4.78, 5) is 10.9. The summed E-state index contributed by atoms with van der Waals surface area (Å²) < 4.78 is 0. The molecule has 1 aromatic carbocycles. The fourth-order valence-corrected chi connectivity index (χ4v) is 1.49. The summed E-state index contributed by atoms with van der Waals surface area (Å²) in [6.45, 7) is 2.32. The Hall–Kier alpha value is -1.35. The van der Waals surface area contributed by atoms with Crippen molar-refractivity contribution >= 4 is 5.97 Å². The zero-order valence-electron chi connectivity index (χ0n) is 8.23. The number of carbonyl (C=O) groups is 1. The minimum absolute atomic E-state index is 0.415. The van der Waals surface area contributed by atoms with E-state index in [4.69, 9.17) is 10.8 Å². The first kappa shape index (κ1) is 10.7. The van der Waals surface area contributed by atoms with E-state index >= 15 is 0 Å². The molecule has 0 aliphatic rings. The molecule has 3 N–H and O–H groups in total. The molecule has 3 nitrogen and oxygen atoms in total. The van der Waals surface area contributed by atoms with E-state index in [1.54, 1.807) is 0 Å². The third-order valence-electron chi connectivity index (χ3n) is 2.30. The molecule has 0 saturated heterocycles. The first-order valence-electron chi connectivity index (χ1n) is 4.70. The highest BCUT2D eigenvalue weighted by Gasteiger charge is 2.17. The number of benzene rings is 1. The summed E-state index contributed by atoms with van der Waals surface area (Å²) >= 11 is 0. The Morgan fingerprint density at radius 3 is 2.79 bits per heavy atom. The monoisotopic (exact) mass is 193 g/mol. The van der Waals surface area contributed by atoms with Crippen LogP contribution in [0.25, 0.3) is 0 Å². The first-order chi connectivity index (χ1) is 6.69. The lowest BCUT2D eigenvalue weighted by atomic mass is 9.95. The number of hydrogen-bond acceptors (Lipinski definition) is 2. The second-order valence-corrected chi connectivity index (χ2v) is 3.25. The van der Waals surface area contributed by atoms with Gasteiger partial charge in [-0.05, 0) is 17.5 Å². The van der Waals surface area contributed by atoms with Crippen molar-refractivity contribution in [1.82, 2.24) is 0 Å². The van der Waals surface area contributed by atoms with Gasteiger partial charge in [-0.3, -0.25) is 4.79 Å². The molecule has 1 unspecified atom stereocenters. The molecule has 3 heteroatoms. The van der Waals surface area contributed by atoms with E-state index in [0.717, 1.165) is 11.1 Å². The largest absolute Gasteiger partial charge is 0.481 e. The Bertz CT molecular complexity index is 323. The molecule has 0 bridgehead atoms. The maximum atomic E-state index is 10.9. The predicted molar refractivity (Wildman–Crippen MR) is 55.0 cm³/mol. The molecule has 0 saturated carbocycles. The molecule has 0 aromatic heterocycles. The van der Waals surface area contributed by atoms with Gasteiger partial charge in [0.1, 0.15) is 0 Å². The predicted octanol–water partition coefficient (Wildman–Crippen LogP) is 1.72. The van der Waals surface area contributed by atoms with Crippen LogP contribution in [0.3, 0.4) is 0 Å². The number of hydrogen-bond donors (Lipinski definition) is 2. The van der Waals surface area contributed by atoms with Crippen molar-refractivity contribution in [2.75, 3.05) is 0 Å². The molecular formula is C11H15NO2. The molecule has 14 heavy (non-hydrogen) atoms. The number of carboxylic acid groups (broad SMARTS) is 1. The van der Waals surface area contributed by atoms with Crippen LogP contribution in [0, 0.1) is 0 Å². The van der Waals surface area contributed by atoms with Crippen molar-refractivity contribution in [1.29, 1.82) is 0 Å². The average Bonchev–Trinajstić information content (AvgIpc) is 2.19. The molecule has 76 valence electrons. The van der Waals surface area contributed by atoms with E-state index in [2.05, 4.69) is 0 Å². The number of rotatable bonds is 4. The van der Waals surface area contributed by atoms with Gasteiger partial charge in [-0.2, -0.15) is 0 Å². The molecule has 1 atom stereocenters. The molecule has 0 aliphatic heterocycles. The van der Waals surface area contributed by atoms with Crippen molar-refractivity contribution in [2.24, 2.45) is 5.73 Å². The topological polar surface area (TPSA) is 63.3 Å². The van der Waals surface area contributed by atoms with E-state index in [0.29, 0.717) is 13.0 Å². The van der Waals surface area contributed by atoms with Gasteiger partial charge in [0.25, 0.3) is 0 Å². The molecule has 0 aliphatic carbocycles. The Balaban J connectivity index is 2.98. The van der Waals surface area contributed by atoms with Crippen LogP contribution < -0.4 is 5.73 Å². The molecule has 1 rings (SSSR count). The summed E-state index contributed by atoms with van der Waals surface area (Å²) in [5.74, 6) is -1.19. The zero-order valence-corrected chi connectivity index (χ0v) is 8.23. The molecule has 0 fully saturated rings. The van der Waals surface area contributed by atoms with Crippen molar-refractivity contribution in [3.8, 4) is 0 Å². The average molecular weight is 193 g/mol. The van der Waals surface area contributed by atoms with Crippen LogP contribution >= 0.6 is 0 Å². The van der Waals surface area contributed by atoms with Gasteiger partial charge in [-0.25, -0.2) is 0 Å². The first-order valence-corrected chi connectivity index (χ1v) is 4.70. The van der Waals surface area contributed by atoms with Crippen LogP contribution in [0.5, 0.6) is 0 Å². The molecule has 1 aromatic rings. The van der Waals surface area contributed by atoms with E-state index in [1.807, 2.05) is 31.2 Å². The standard InChI is InChI=1S/C11H15NO2/c1-2-10(11(13)14)9-5-3-4-8(6-9)7-12/h3-6,10H,2,7,12H2,1H3,(H,13,14). The third kappa shape index (κ3) is 2.33. The summed E-state index contributed by atoms with van der Waals surface area (Å²) in [5, 5.41) is 8.96. The lowest BCUT2D eigenvalue weighted by Gasteiger charge is -2.10. The van der Waals surface area contributed by atoms with Crippen LogP contribution in [-0.4, -0.2) is 11.1 Å². The third-order valence-corrected chi connectivity index (χ3v) is 2.30. The Morgan fingerprint density at radius 2 is 2.29 bits per heavy atom. The Kier molecular flexibility index (Phi) is 3.65. The minimum atomic E-state index is -0.776. The summed E-state index contributed by atoms with van der Waals surface area (Å²) in [6.07, 6.45) is 0.601. The van der Waals surface area contributed by atoms with E-state index in [9.17, 15) is 4.79 Å². The highest BCUT2D eigenvalue weighted by atomic mass is 16.4. The van der Waals surface area contributed by atoms with Crippen LogP contribution in [0.15, 0.2) is 24.3 Å².